The van der Waals surface area contributed by atoms with Gasteiger partial charge >= 0.3 is 6.18 Å². The molecule has 7 N–H and O–H groups in total. The van der Waals surface area contributed by atoms with E-state index in [9.17, 15) is 51.8 Å². The third-order valence-electron chi connectivity index (χ3n) is 9.85. The van der Waals surface area contributed by atoms with Crippen molar-refractivity contribution in [1.29, 1.82) is 0 Å². The van der Waals surface area contributed by atoms with Crippen molar-refractivity contribution in [3.63, 3.8) is 0 Å². The maximum absolute atomic E-state index is 14.4. The summed E-state index contributed by atoms with van der Waals surface area (Å²) in [4.78, 5) is 97.8. The summed E-state index contributed by atoms with van der Waals surface area (Å²) in [5, 5.41) is 24.7. The lowest BCUT2D eigenvalue weighted by atomic mass is 9.85. The molecule has 0 radical (unpaired) electrons. The molecule has 6 atom stereocenters. The van der Waals surface area contributed by atoms with Gasteiger partial charge in [-0.25, -0.2) is 4.98 Å². The third-order valence-corrected chi connectivity index (χ3v) is 10.2. The number of alkyl halides is 3. The van der Waals surface area contributed by atoms with E-state index in [4.69, 9.17) is 16.3 Å². The van der Waals surface area contributed by atoms with Gasteiger partial charge in [-0.1, -0.05) is 101 Å². The van der Waals surface area contributed by atoms with Crippen LogP contribution in [0, 0.1) is 18.3 Å². The van der Waals surface area contributed by atoms with Gasteiger partial charge in [0.05, 0.1) is 37.8 Å². The van der Waals surface area contributed by atoms with Crippen LogP contribution in [0.25, 0.3) is 0 Å². The monoisotopic (exact) mass is 931 g/mol. The second-order valence-electron chi connectivity index (χ2n) is 16.9. The summed E-state index contributed by atoms with van der Waals surface area (Å²) >= 11 is 6.05. The van der Waals surface area contributed by atoms with Crippen molar-refractivity contribution in [3.8, 4) is 0 Å². The van der Waals surface area contributed by atoms with Gasteiger partial charge in [0.2, 0.25) is 29.5 Å². The highest BCUT2D eigenvalue weighted by Crippen LogP contribution is 2.23. The van der Waals surface area contributed by atoms with Crippen molar-refractivity contribution >= 4 is 53.3 Å². The Morgan fingerprint density at radius 2 is 1.34 bits per heavy atom. The van der Waals surface area contributed by atoms with Crippen LogP contribution >= 0.6 is 11.6 Å². The van der Waals surface area contributed by atoms with Gasteiger partial charge in [0.15, 0.2) is 0 Å². The number of aliphatic hydroxyl groups excluding tert-OH is 1. The molecule has 3 aromatic rings. The number of nitrogens with zero attached hydrogens (tertiary/aromatic N) is 1. The van der Waals surface area contributed by atoms with Crippen molar-refractivity contribution in [1.82, 2.24) is 36.9 Å². The normalized spacial score (nSPS) is 14.4. The lowest BCUT2D eigenvalue weighted by Crippen LogP contribution is -2.62. The summed E-state index contributed by atoms with van der Waals surface area (Å²) < 4.78 is 45.1. The molecule has 0 aliphatic rings. The Morgan fingerprint density at radius 1 is 0.754 bits per heavy atom. The number of rotatable bonds is 23. The molecule has 0 bridgehead atoms. The van der Waals surface area contributed by atoms with E-state index in [-0.39, 0.29) is 42.4 Å². The number of halogens is 4. The average Bonchev–Trinajstić information content (AvgIpc) is 3.23. The number of ether oxygens (including phenoxy) is 1. The number of carbonyl (C=O) groups is 7. The van der Waals surface area contributed by atoms with Crippen LogP contribution in [0.2, 0.25) is 5.15 Å². The van der Waals surface area contributed by atoms with Gasteiger partial charge in [-0.05, 0) is 53.5 Å². The Hall–Kier alpha value is -5.92. The fourth-order valence-electron chi connectivity index (χ4n) is 6.39. The van der Waals surface area contributed by atoms with Gasteiger partial charge in [-0.15, -0.1) is 0 Å². The zero-order chi connectivity index (χ0) is 48.5. The first kappa shape index (κ1) is 53.4. The predicted octanol–water partition coefficient (Wildman–Crippen LogP) is 3.26. The van der Waals surface area contributed by atoms with Crippen LogP contribution in [0.5, 0.6) is 0 Å². The second-order valence-corrected chi connectivity index (χ2v) is 17.2. The van der Waals surface area contributed by atoms with Gasteiger partial charge in [-0.2, -0.15) is 13.2 Å². The van der Waals surface area contributed by atoms with Crippen molar-refractivity contribution in [2.45, 2.75) is 110 Å². The first-order valence-electron chi connectivity index (χ1n) is 20.7. The maximum Gasteiger partial charge on any atom is 0.391 e. The molecule has 20 heteroatoms. The van der Waals surface area contributed by atoms with Gasteiger partial charge in [0.1, 0.15) is 41.6 Å². The lowest BCUT2D eigenvalue weighted by molar-refractivity contribution is -0.147. The molecule has 6 amide bonds. The van der Waals surface area contributed by atoms with Crippen molar-refractivity contribution in [3.05, 3.63) is 100 Å². The third kappa shape index (κ3) is 17.9. The van der Waals surface area contributed by atoms with Gasteiger partial charge < -0.3 is 46.5 Å². The number of aldehydes is 1. The van der Waals surface area contributed by atoms with E-state index in [1.54, 1.807) is 96.1 Å². The largest absolute Gasteiger partial charge is 0.394 e. The number of amides is 6. The number of hydrogen-bond acceptors (Lipinski definition) is 10. The average molecular weight is 932 g/mol. The quantitative estimate of drug-likeness (QED) is 0.0542. The molecule has 3 rings (SSSR count). The highest BCUT2D eigenvalue weighted by atomic mass is 35.5. The molecule has 0 spiro atoms. The van der Waals surface area contributed by atoms with Gasteiger partial charge in [0.25, 0.3) is 5.91 Å². The molecule has 65 heavy (non-hydrogen) atoms. The van der Waals surface area contributed by atoms with Crippen LogP contribution in [0.3, 0.4) is 0 Å². The van der Waals surface area contributed by atoms with E-state index in [2.05, 4.69) is 31.6 Å². The van der Waals surface area contributed by atoms with Crippen LogP contribution in [-0.4, -0.2) is 107 Å². The fraction of sp³-hybridized carbons (Fsp3) is 0.467. The Bertz CT molecular complexity index is 2100. The lowest BCUT2D eigenvalue weighted by Gasteiger charge is -2.34. The summed E-state index contributed by atoms with van der Waals surface area (Å²) in [6.07, 6.45) is -5.25. The van der Waals surface area contributed by atoms with Crippen molar-refractivity contribution in [2.75, 3.05) is 13.2 Å². The number of aromatic nitrogens is 1. The fourth-order valence-corrected chi connectivity index (χ4v) is 6.60. The minimum Gasteiger partial charge on any atom is -0.394 e. The highest BCUT2D eigenvalue weighted by Gasteiger charge is 2.39. The Balaban J connectivity index is 1.94. The summed E-state index contributed by atoms with van der Waals surface area (Å²) in [5.41, 5.74) is 0.952. The van der Waals surface area contributed by atoms with E-state index in [1.807, 2.05) is 5.32 Å². The van der Waals surface area contributed by atoms with Gasteiger partial charge in [-0.3, -0.25) is 28.8 Å². The molecule has 0 saturated heterocycles. The molecule has 1 heterocycles. The first-order valence-corrected chi connectivity index (χ1v) is 21.1. The molecule has 0 fully saturated rings. The molecular formula is C45H57ClF3N7O9. The minimum absolute atomic E-state index is 0.00359. The van der Waals surface area contributed by atoms with Crippen LogP contribution in [0.15, 0.2) is 72.9 Å². The summed E-state index contributed by atoms with van der Waals surface area (Å²) in [5.74, 6) is -5.79. The Kier molecular flexibility index (Phi) is 20.5. The molecule has 0 saturated carbocycles. The smallest absolute Gasteiger partial charge is 0.391 e. The Labute approximate surface area is 380 Å². The van der Waals surface area contributed by atoms with Crippen molar-refractivity contribution < 1.29 is 56.6 Å². The molecule has 2 aromatic carbocycles. The van der Waals surface area contributed by atoms with E-state index in [1.165, 1.54) is 18.3 Å². The van der Waals surface area contributed by atoms with Crippen LogP contribution in [-0.2, 0) is 46.5 Å². The number of aliphatic hydroxyl groups is 1. The van der Waals surface area contributed by atoms with Crippen LogP contribution in [0.1, 0.15) is 74.5 Å². The Morgan fingerprint density at radius 3 is 1.92 bits per heavy atom. The van der Waals surface area contributed by atoms with E-state index in [0.29, 0.717) is 5.56 Å². The molecule has 1 aromatic heterocycles. The second kappa shape index (κ2) is 25.0. The molecular weight excluding hydrogens is 875 g/mol. The highest BCUT2D eigenvalue weighted by molar-refractivity contribution is 6.32. The predicted molar refractivity (Wildman–Crippen MR) is 234 cm³/mol. The number of aryl methyl sites for hydroxylation is 1. The topological polar surface area (TPSA) is 234 Å². The van der Waals surface area contributed by atoms with Crippen LogP contribution < -0.4 is 31.9 Å². The maximum atomic E-state index is 14.4. The van der Waals surface area contributed by atoms with Gasteiger partial charge in [0, 0.05) is 12.6 Å². The zero-order valence-electron chi connectivity index (χ0n) is 37.0. The standard InChI is InChI=1S/C45H57ClF3N7O9/c1-26(2)19-32(39(60)51-30(22-57)21-45(47,48)49)53-43(64)36(44(4,5)6)56-40(61)33(20-29-16-11-10-13-27(29)3)52-42(63)35(25-65-24-28-14-8-7-9-15-28)55-41(62)34(23-58)54-38(59)31-17-12-18-50-37(31)46/h7-18,22,26,30,32-36,58H,19-21,23-25H2,1-6H3,(H,51,60)(H,52,63)(H,53,64)(H,54,59)(H,55,62)(H,56,61)/t30?,32-,33-,34-,35+,36+/m0/s1. The van der Waals surface area contributed by atoms with Crippen molar-refractivity contribution in [2.24, 2.45) is 11.3 Å². The minimum atomic E-state index is -4.77. The first-order chi connectivity index (χ1) is 30.5. The number of carbonyl (C=O) groups excluding carboxylic acids is 7. The number of benzene rings is 2. The number of hydrogen-bond donors (Lipinski definition) is 7. The van der Waals surface area contributed by atoms with E-state index >= 15 is 0 Å². The summed E-state index contributed by atoms with van der Waals surface area (Å²) in [7, 11) is 0. The molecule has 354 valence electrons. The number of pyridine rings is 1. The summed E-state index contributed by atoms with van der Waals surface area (Å²) in [6.45, 7) is 8.70. The SMILES string of the molecule is Cc1ccccc1C[C@H](NC(=O)[C@@H](COCc1ccccc1)NC(=O)[C@H](CO)NC(=O)c1cccnc1Cl)C(=O)N[C@H](C(=O)N[C@@H](CC(C)C)C(=O)NC(C=O)CC(F)(F)F)C(C)(C)C. The molecule has 0 aliphatic heterocycles. The molecule has 16 nitrogen and oxygen atoms in total. The molecule has 1 unspecified atom stereocenters. The van der Waals surface area contributed by atoms with E-state index in [0.717, 1.165) is 11.1 Å². The van der Waals surface area contributed by atoms with E-state index < -0.39 is 103 Å². The van der Waals surface area contributed by atoms with Crippen LogP contribution in [0.4, 0.5) is 13.2 Å². The molecule has 0 aliphatic carbocycles. The summed E-state index contributed by atoms with van der Waals surface area (Å²) in [6, 6.07) is 9.40. The number of nitrogens with one attached hydrogen (secondary N) is 6. The zero-order valence-corrected chi connectivity index (χ0v) is 37.7.